The Morgan fingerprint density at radius 1 is 0.877 bits per heavy atom. The molecule has 14 nitrogen and oxygen atoms in total. The van der Waals surface area contributed by atoms with Crippen molar-refractivity contribution >= 4 is 59.5 Å². The second-order valence-corrected chi connectivity index (χ2v) is 19.4. The smallest absolute Gasteiger partial charge is 0.748 e. The van der Waals surface area contributed by atoms with Gasteiger partial charge in [0.05, 0.1) is 38.2 Å². The number of nitrogens with zero attached hydrogens (tertiary/aromatic N) is 2. The number of benzene rings is 2. The third kappa shape index (κ3) is 16.0. The van der Waals surface area contributed by atoms with Crippen LogP contribution in [0.25, 0.3) is 0 Å². The summed E-state index contributed by atoms with van der Waals surface area (Å²) in [5, 5.41) is 13.9. The Kier molecular flexibility index (Phi) is 24.0. The Morgan fingerprint density at radius 2 is 1.54 bits per heavy atom. The number of unbranched alkanes of at least 4 members (excludes halogenated alkanes) is 2. The van der Waals surface area contributed by atoms with E-state index in [1.165, 1.54) is 12.1 Å². The van der Waals surface area contributed by atoms with Gasteiger partial charge in [-0.15, -0.1) is 0 Å². The van der Waals surface area contributed by atoms with Crippen LogP contribution in [0.3, 0.4) is 0 Å². The van der Waals surface area contributed by atoms with Crippen molar-refractivity contribution < 1.29 is 212 Å². The van der Waals surface area contributed by atoms with E-state index in [4.69, 9.17) is 0 Å². The molecule has 2 heterocycles. The minimum absolute atomic E-state index is 0. The number of allylic oxidation sites excluding steroid dienone is 8. The Hall–Kier alpha value is 1.74. The van der Waals surface area contributed by atoms with Crippen molar-refractivity contribution in [2.75, 3.05) is 29.5 Å². The summed E-state index contributed by atoms with van der Waals surface area (Å²) in [6.07, 6.45) is 12.7. The molecule has 0 amide bonds. The maximum Gasteiger partial charge on any atom is 1.00 e. The molecule has 0 radical (unpaired) electrons. The minimum Gasteiger partial charge on any atom is -0.748 e. The van der Waals surface area contributed by atoms with Crippen molar-refractivity contribution in [3.8, 4) is 0 Å². The molecule has 0 saturated heterocycles. The van der Waals surface area contributed by atoms with Gasteiger partial charge in [-0.2, -0.15) is 17.3 Å². The molecular formula is C36H44K3N2O12S4+. The minimum atomic E-state index is -4.71. The molecule has 1 N–H and O–H groups in total. The Morgan fingerprint density at radius 3 is 2.16 bits per heavy atom. The summed E-state index contributed by atoms with van der Waals surface area (Å²) in [5.41, 5.74) is 4.57. The largest absolute Gasteiger partial charge is 1.00 e. The number of hydrogen-bond acceptors (Lipinski definition) is 13. The zero-order valence-electron chi connectivity index (χ0n) is 33.6. The third-order valence-corrected chi connectivity index (χ3v) is 12.5. The molecule has 2 aromatic rings. The molecule has 0 spiro atoms. The monoisotopic (exact) mass is 941 g/mol. The van der Waals surface area contributed by atoms with Gasteiger partial charge in [0.1, 0.15) is 16.7 Å². The standard InChI is InChI=1S/C36H46N2O12S4.3K/c1-26(12-10-14-33-35(2,3)29-24-27(51-50-49-39)16-18-31(29)37(33)20-6-8-22-52(40,41)42)13-11-15-34-36(4,5)30-25-28(54(46,47)48)17-19-32(30)38(34)21-7-9-23-53(43,44)45;;;/h10-19,24-25H,6-9,20-23H2,1-5H3,(H3-,39,40,41,42,43,44,45,46,47,48);;;/q;3*+1/p-2. The summed E-state index contributed by atoms with van der Waals surface area (Å²) in [6, 6.07) is 9.78. The van der Waals surface area contributed by atoms with Gasteiger partial charge in [-0.25, -0.2) is 16.8 Å². The molecule has 2 aromatic carbocycles. The van der Waals surface area contributed by atoms with Crippen molar-refractivity contribution in [3.05, 3.63) is 95.3 Å². The van der Waals surface area contributed by atoms with Crippen molar-refractivity contribution in [1.82, 2.24) is 0 Å². The SMILES string of the molecule is CC(C=C/C=C1/N(CCCCS(=O)(=O)[O-])c2ccc(S(=O)(=O)[O-])cc2C1(C)C)=CC=CC1=[N+](CCCCS(=O)(=O)O)c2ccc(SOO[O-])cc2C1(C)C.[K+].[K+].[K+]. The molecule has 21 heteroatoms. The van der Waals surface area contributed by atoms with Crippen LogP contribution in [0.2, 0.25) is 0 Å². The maximum absolute atomic E-state index is 11.8. The molecule has 296 valence electrons. The van der Waals surface area contributed by atoms with E-state index in [1.54, 1.807) is 12.1 Å². The number of rotatable bonds is 18. The van der Waals surface area contributed by atoms with E-state index in [0.717, 1.165) is 40.3 Å². The first kappa shape index (κ1) is 56.8. The quantitative estimate of drug-likeness (QED) is 0.0220. The fourth-order valence-electron chi connectivity index (χ4n) is 6.79. The van der Waals surface area contributed by atoms with Gasteiger partial charge in [0.2, 0.25) is 5.69 Å². The van der Waals surface area contributed by atoms with Gasteiger partial charge < -0.3 is 19.3 Å². The van der Waals surface area contributed by atoms with Crippen LogP contribution in [0.4, 0.5) is 11.4 Å². The molecule has 0 atom stereocenters. The summed E-state index contributed by atoms with van der Waals surface area (Å²) in [4.78, 5) is 2.25. The number of hydrogen-bond donors (Lipinski definition) is 1. The van der Waals surface area contributed by atoms with E-state index in [-0.39, 0.29) is 178 Å². The average Bonchev–Trinajstić information content (AvgIpc) is 3.40. The summed E-state index contributed by atoms with van der Waals surface area (Å²) in [7, 11) is -13.2. The van der Waals surface area contributed by atoms with Crippen LogP contribution < -0.4 is 164 Å². The average molecular weight is 942 g/mol. The molecule has 0 bridgehead atoms. The second-order valence-electron chi connectivity index (χ2n) is 14.1. The van der Waals surface area contributed by atoms with Crippen molar-refractivity contribution in [1.29, 1.82) is 0 Å². The normalized spacial score (nSPS) is 17.1. The first-order chi connectivity index (χ1) is 25.1. The summed E-state index contributed by atoms with van der Waals surface area (Å²) < 4.78 is 107. The first-order valence-electron chi connectivity index (χ1n) is 17.0. The fourth-order valence-corrected chi connectivity index (χ4v) is 8.81. The molecule has 4 rings (SSSR count). The van der Waals surface area contributed by atoms with Gasteiger partial charge in [0, 0.05) is 58.1 Å². The molecular weight excluding hydrogens is 898 g/mol. The van der Waals surface area contributed by atoms with Gasteiger partial charge in [0.15, 0.2) is 5.71 Å². The van der Waals surface area contributed by atoms with E-state index < -0.39 is 46.9 Å². The van der Waals surface area contributed by atoms with Crippen LogP contribution in [0.5, 0.6) is 0 Å². The molecule has 0 unspecified atom stereocenters. The molecule has 0 aliphatic carbocycles. The summed E-state index contributed by atoms with van der Waals surface area (Å²) in [6.45, 7) is 10.7. The summed E-state index contributed by atoms with van der Waals surface area (Å²) in [5.74, 6) is -0.840. The Labute approximate surface area is 468 Å². The summed E-state index contributed by atoms with van der Waals surface area (Å²) >= 11 is 0.786. The predicted molar refractivity (Wildman–Crippen MR) is 202 cm³/mol. The second kappa shape index (κ2) is 24.1. The molecule has 2 aliphatic rings. The zero-order chi connectivity index (χ0) is 40.1. The molecule has 57 heavy (non-hydrogen) atoms. The van der Waals surface area contributed by atoms with Crippen LogP contribution in [0.15, 0.2) is 93.9 Å². The van der Waals surface area contributed by atoms with E-state index in [0.29, 0.717) is 42.1 Å². The van der Waals surface area contributed by atoms with Gasteiger partial charge in [-0.3, -0.25) is 9.59 Å². The fraction of sp³-hybridized carbons (Fsp3) is 0.417. The maximum atomic E-state index is 11.8. The number of anilines is 1. The van der Waals surface area contributed by atoms with Crippen molar-refractivity contribution in [2.45, 2.75) is 80.9 Å². The van der Waals surface area contributed by atoms with Crippen molar-refractivity contribution in [2.24, 2.45) is 0 Å². The van der Waals surface area contributed by atoms with Crippen LogP contribution in [0.1, 0.15) is 71.4 Å². The van der Waals surface area contributed by atoms with E-state index >= 15 is 0 Å². The Bertz CT molecular complexity index is 2240. The van der Waals surface area contributed by atoms with Gasteiger partial charge in [0.25, 0.3) is 10.1 Å². The van der Waals surface area contributed by atoms with Crippen LogP contribution in [-0.4, -0.2) is 73.8 Å². The van der Waals surface area contributed by atoms with Gasteiger partial charge in [-0.1, -0.05) is 43.7 Å². The number of fused-ring (bicyclic) bond motifs is 2. The molecule has 2 aliphatic heterocycles. The van der Waals surface area contributed by atoms with E-state index in [1.807, 2.05) is 88.1 Å². The predicted octanol–water partition coefficient (Wildman–Crippen LogP) is -4.06. The van der Waals surface area contributed by atoms with Crippen molar-refractivity contribution in [3.63, 3.8) is 0 Å². The van der Waals surface area contributed by atoms with Crippen LogP contribution in [-0.2, 0) is 50.6 Å². The first-order valence-corrected chi connectivity index (χ1v) is 22.3. The van der Waals surface area contributed by atoms with Crippen LogP contribution >= 0.6 is 12.0 Å². The van der Waals surface area contributed by atoms with Gasteiger partial charge >= 0.3 is 154 Å². The molecule has 0 aromatic heterocycles. The van der Waals surface area contributed by atoms with Crippen LogP contribution in [0, 0.1) is 0 Å². The zero-order valence-corrected chi connectivity index (χ0v) is 46.2. The van der Waals surface area contributed by atoms with E-state index in [9.17, 15) is 44.2 Å². The van der Waals surface area contributed by atoms with E-state index in [2.05, 4.69) is 13.9 Å². The Balaban J connectivity index is 0.00000541. The topological polar surface area (TPSA) is 217 Å². The molecule has 0 saturated carbocycles. The third-order valence-electron chi connectivity index (χ3n) is 9.46. The van der Waals surface area contributed by atoms with Gasteiger partial charge in [-0.05, 0) is 82.0 Å². The molecule has 0 fully saturated rings.